The van der Waals surface area contributed by atoms with Crippen molar-refractivity contribution in [1.29, 1.82) is 0 Å². The van der Waals surface area contributed by atoms with Crippen LogP contribution in [0.5, 0.6) is 0 Å². The lowest BCUT2D eigenvalue weighted by Crippen LogP contribution is -2.53. The fourth-order valence-electron chi connectivity index (χ4n) is 3.87. The van der Waals surface area contributed by atoms with Crippen LogP contribution in [0.1, 0.15) is 25.5 Å². The number of esters is 1. The molecule has 0 saturated carbocycles. The summed E-state index contributed by atoms with van der Waals surface area (Å²) in [5.41, 5.74) is -0.659. The Morgan fingerprint density at radius 2 is 1.92 bits per heavy atom. The molecule has 0 spiro atoms. The van der Waals surface area contributed by atoms with Gasteiger partial charge >= 0.3 is 5.97 Å². The number of ether oxygens (including phenoxy) is 1. The molecule has 1 aromatic carbocycles. The fraction of sp³-hybridized carbons (Fsp3) is 0.471. The second-order valence-electron chi connectivity index (χ2n) is 6.29. The van der Waals surface area contributed by atoms with Crippen molar-refractivity contribution in [3.8, 4) is 0 Å². The maximum Gasteiger partial charge on any atom is 0.326 e. The SMILES string of the molecule is CCN1C(=O)[C@H]2[C@@H](C1=O)[C@@](C)(C(=O)OC)N[C@H]2c1ccc(F)cc1. The quantitative estimate of drug-likeness (QED) is 0.660. The predicted octanol–water partition coefficient (Wildman–Crippen LogP) is 1.02. The minimum absolute atomic E-state index is 0.248. The summed E-state index contributed by atoms with van der Waals surface area (Å²) in [6, 6.07) is 5.13. The van der Waals surface area contributed by atoms with Gasteiger partial charge < -0.3 is 4.74 Å². The normalized spacial score (nSPS) is 32.2. The van der Waals surface area contributed by atoms with E-state index < -0.39 is 35.2 Å². The van der Waals surface area contributed by atoms with Crippen LogP contribution in [-0.4, -0.2) is 41.9 Å². The highest BCUT2D eigenvalue weighted by atomic mass is 19.1. The van der Waals surface area contributed by atoms with Crippen molar-refractivity contribution < 1.29 is 23.5 Å². The van der Waals surface area contributed by atoms with Crippen molar-refractivity contribution in [2.45, 2.75) is 25.4 Å². The Morgan fingerprint density at radius 3 is 2.46 bits per heavy atom. The third-order valence-corrected chi connectivity index (χ3v) is 5.03. The molecule has 7 heteroatoms. The molecule has 1 aromatic rings. The van der Waals surface area contributed by atoms with E-state index in [9.17, 15) is 18.8 Å². The number of hydrogen-bond acceptors (Lipinski definition) is 5. The third kappa shape index (κ3) is 2.15. The van der Waals surface area contributed by atoms with Crippen molar-refractivity contribution in [3.63, 3.8) is 0 Å². The molecule has 4 atom stereocenters. The summed E-state index contributed by atoms with van der Waals surface area (Å²) >= 11 is 0. The van der Waals surface area contributed by atoms with E-state index in [0.717, 1.165) is 0 Å². The Labute approximate surface area is 139 Å². The molecule has 2 fully saturated rings. The molecule has 2 saturated heterocycles. The summed E-state index contributed by atoms with van der Waals surface area (Å²) < 4.78 is 18.1. The number of likely N-dealkylation sites (tertiary alicyclic amines) is 1. The molecule has 6 nitrogen and oxygen atoms in total. The molecule has 3 rings (SSSR count). The predicted molar refractivity (Wildman–Crippen MR) is 82.1 cm³/mol. The molecule has 2 heterocycles. The highest BCUT2D eigenvalue weighted by Gasteiger charge is 2.66. The number of nitrogens with zero attached hydrogens (tertiary/aromatic N) is 1. The lowest BCUT2D eigenvalue weighted by Gasteiger charge is -2.28. The van der Waals surface area contributed by atoms with Crippen LogP contribution in [0, 0.1) is 17.7 Å². The van der Waals surface area contributed by atoms with Gasteiger partial charge in [-0.2, -0.15) is 0 Å². The first-order valence-electron chi connectivity index (χ1n) is 7.82. The van der Waals surface area contributed by atoms with Gasteiger partial charge in [0.25, 0.3) is 0 Å². The number of carbonyl (C=O) groups is 3. The van der Waals surface area contributed by atoms with E-state index in [-0.39, 0.29) is 18.4 Å². The smallest absolute Gasteiger partial charge is 0.326 e. The van der Waals surface area contributed by atoms with Crippen LogP contribution in [0.4, 0.5) is 4.39 Å². The van der Waals surface area contributed by atoms with Gasteiger partial charge in [-0.05, 0) is 31.5 Å². The number of fused-ring (bicyclic) bond motifs is 1. The van der Waals surface area contributed by atoms with Crippen LogP contribution < -0.4 is 5.32 Å². The number of hydrogen-bond donors (Lipinski definition) is 1. The number of methoxy groups -OCH3 is 1. The molecule has 2 aliphatic rings. The summed E-state index contributed by atoms with van der Waals surface area (Å²) in [6.07, 6.45) is 0. The number of carbonyl (C=O) groups excluding carboxylic acids is 3. The zero-order chi connectivity index (χ0) is 17.6. The second kappa shape index (κ2) is 5.66. The van der Waals surface area contributed by atoms with E-state index >= 15 is 0 Å². The van der Waals surface area contributed by atoms with Gasteiger partial charge in [-0.25, -0.2) is 4.39 Å². The summed E-state index contributed by atoms with van der Waals surface area (Å²) in [5, 5.41) is 3.10. The zero-order valence-electron chi connectivity index (χ0n) is 13.7. The number of imide groups is 1. The number of halogens is 1. The van der Waals surface area contributed by atoms with E-state index in [0.29, 0.717) is 5.56 Å². The minimum atomic E-state index is -1.31. The number of benzene rings is 1. The second-order valence-corrected chi connectivity index (χ2v) is 6.29. The highest BCUT2D eigenvalue weighted by molar-refractivity contribution is 6.09. The molecule has 0 aliphatic carbocycles. The molecular formula is C17H19FN2O4. The van der Waals surface area contributed by atoms with Crippen molar-refractivity contribution in [2.24, 2.45) is 11.8 Å². The van der Waals surface area contributed by atoms with Crippen LogP contribution >= 0.6 is 0 Å². The fourth-order valence-corrected chi connectivity index (χ4v) is 3.87. The molecule has 24 heavy (non-hydrogen) atoms. The molecule has 0 unspecified atom stereocenters. The van der Waals surface area contributed by atoms with Crippen molar-refractivity contribution in [2.75, 3.05) is 13.7 Å². The Bertz CT molecular complexity index is 705. The largest absolute Gasteiger partial charge is 0.468 e. The van der Waals surface area contributed by atoms with E-state index in [2.05, 4.69) is 5.32 Å². The van der Waals surface area contributed by atoms with Crippen LogP contribution in [-0.2, 0) is 19.1 Å². The van der Waals surface area contributed by atoms with Gasteiger partial charge in [0.15, 0.2) is 0 Å². The van der Waals surface area contributed by atoms with Gasteiger partial charge in [-0.1, -0.05) is 12.1 Å². The highest BCUT2D eigenvalue weighted by Crippen LogP contribution is 2.48. The van der Waals surface area contributed by atoms with Crippen LogP contribution in [0.15, 0.2) is 24.3 Å². The number of nitrogens with one attached hydrogen (secondary N) is 1. The first kappa shape index (κ1) is 16.6. The van der Waals surface area contributed by atoms with Crippen LogP contribution in [0.25, 0.3) is 0 Å². The summed E-state index contributed by atoms with van der Waals surface area (Å²) in [6.45, 7) is 3.54. The first-order valence-corrected chi connectivity index (χ1v) is 7.82. The standard InChI is InChI=1S/C17H19FN2O4/c1-4-20-14(21)11-12(15(20)22)17(2,16(23)24-3)19-13(11)9-5-7-10(18)8-6-9/h5-8,11-13,19H,4H2,1-3H3/t11-,12-,13-,17-/m0/s1. The van der Waals surface area contributed by atoms with Gasteiger partial charge in [0.1, 0.15) is 11.4 Å². The molecule has 2 amide bonds. The topological polar surface area (TPSA) is 75.7 Å². The monoisotopic (exact) mass is 334 g/mol. The molecule has 0 bridgehead atoms. The average molecular weight is 334 g/mol. The van der Waals surface area contributed by atoms with E-state index in [1.165, 1.54) is 24.1 Å². The van der Waals surface area contributed by atoms with Crippen molar-refractivity contribution in [1.82, 2.24) is 10.2 Å². The van der Waals surface area contributed by atoms with Gasteiger partial charge in [0, 0.05) is 12.6 Å². The Hall–Kier alpha value is -2.28. The van der Waals surface area contributed by atoms with E-state index in [1.54, 1.807) is 26.0 Å². The molecule has 2 aliphatic heterocycles. The minimum Gasteiger partial charge on any atom is -0.468 e. The lowest BCUT2D eigenvalue weighted by atomic mass is 9.80. The van der Waals surface area contributed by atoms with E-state index in [1.807, 2.05) is 0 Å². The van der Waals surface area contributed by atoms with Gasteiger partial charge in [-0.15, -0.1) is 0 Å². The average Bonchev–Trinajstić information content (AvgIpc) is 3.02. The van der Waals surface area contributed by atoms with E-state index in [4.69, 9.17) is 4.74 Å². The van der Waals surface area contributed by atoms with Crippen LogP contribution in [0.2, 0.25) is 0 Å². The molecule has 0 aromatic heterocycles. The summed E-state index contributed by atoms with van der Waals surface area (Å²) in [4.78, 5) is 38.9. The Balaban J connectivity index is 2.09. The van der Waals surface area contributed by atoms with Gasteiger partial charge in [-0.3, -0.25) is 24.6 Å². The molecule has 128 valence electrons. The molecule has 0 radical (unpaired) electrons. The van der Waals surface area contributed by atoms with Crippen molar-refractivity contribution >= 4 is 17.8 Å². The maximum atomic E-state index is 13.2. The Kier molecular flexibility index (Phi) is 3.91. The number of amides is 2. The first-order chi connectivity index (χ1) is 11.3. The molecule has 1 N–H and O–H groups in total. The van der Waals surface area contributed by atoms with Gasteiger partial charge in [0.2, 0.25) is 11.8 Å². The van der Waals surface area contributed by atoms with Crippen LogP contribution in [0.3, 0.4) is 0 Å². The summed E-state index contributed by atoms with van der Waals surface area (Å²) in [7, 11) is 1.24. The number of rotatable bonds is 3. The maximum absolute atomic E-state index is 13.2. The summed E-state index contributed by atoms with van der Waals surface area (Å²) in [5.74, 6) is -3.24. The zero-order valence-corrected chi connectivity index (χ0v) is 13.7. The lowest BCUT2D eigenvalue weighted by molar-refractivity contribution is -0.153. The third-order valence-electron chi connectivity index (χ3n) is 5.03. The molecular weight excluding hydrogens is 315 g/mol. The van der Waals surface area contributed by atoms with Crippen molar-refractivity contribution in [3.05, 3.63) is 35.6 Å². The Morgan fingerprint density at radius 1 is 1.29 bits per heavy atom. The van der Waals surface area contributed by atoms with Gasteiger partial charge in [0.05, 0.1) is 18.9 Å².